The lowest BCUT2D eigenvalue weighted by Crippen LogP contribution is -2.59. The minimum atomic E-state index is -3.28. The summed E-state index contributed by atoms with van der Waals surface area (Å²) in [4.78, 5) is 43.0. The van der Waals surface area contributed by atoms with E-state index in [4.69, 9.17) is 14.5 Å². The molecule has 1 aliphatic heterocycles. The van der Waals surface area contributed by atoms with Crippen LogP contribution < -0.4 is 10.6 Å². The number of fused-ring (bicyclic) bond motifs is 1. The van der Waals surface area contributed by atoms with Crippen LogP contribution in [0.15, 0.2) is 48.7 Å². The summed E-state index contributed by atoms with van der Waals surface area (Å²) in [6, 6.07) is 12.1. The molecule has 1 aliphatic carbocycles. The van der Waals surface area contributed by atoms with Crippen molar-refractivity contribution >= 4 is 23.6 Å². The number of esters is 1. The lowest BCUT2D eigenvalue weighted by Gasteiger charge is -2.37. The number of benzene rings is 1. The molecular weight excluding hydrogens is 548 g/mol. The number of amides is 2. The summed E-state index contributed by atoms with van der Waals surface area (Å²) in [6.07, 6.45) is 3.63. The summed E-state index contributed by atoms with van der Waals surface area (Å²) in [5, 5.41) is 9.66. The van der Waals surface area contributed by atoms with Crippen molar-refractivity contribution in [2.45, 2.75) is 64.0 Å². The number of methoxy groups -OCH3 is 1. The van der Waals surface area contributed by atoms with Crippen molar-refractivity contribution in [1.82, 2.24) is 25.2 Å². The van der Waals surface area contributed by atoms with Gasteiger partial charge in [0.15, 0.2) is 11.1 Å². The van der Waals surface area contributed by atoms with E-state index < -0.39 is 48.3 Å². The highest BCUT2D eigenvalue weighted by Gasteiger charge is 2.57. The molecule has 12 heteroatoms. The van der Waals surface area contributed by atoms with E-state index >= 15 is 0 Å². The quantitative estimate of drug-likeness (QED) is 0.298. The molecule has 2 atom stereocenters. The van der Waals surface area contributed by atoms with Gasteiger partial charge in [0, 0.05) is 12.8 Å². The van der Waals surface area contributed by atoms with Crippen molar-refractivity contribution in [3.05, 3.63) is 65.6 Å². The Kier molecular flexibility index (Phi) is 8.42. The number of hydrogen-bond acceptors (Lipinski definition) is 7. The Morgan fingerprint density at radius 2 is 1.88 bits per heavy atom. The Morgan fingerprint density at radius 1 is 1.14 bits per heavy atom. The topological polar surface area (TPSA) is 124 Å². The Bertz CT molecular complexity index is 1430. The molecule has 224 valence electrons. The molecule has 5 rings (SSSR count). The number of carbonyl (C=O) groups excluding carboxylic acids is 3. The van der Waals surface area contributed by atoms with Gasteiger partial charge in [0.1, 0.15) is 6.61 Å². The van der Waals surface area contributed by atoms with Gasteiger partial charge in [-0.1, -0.05) is 50.1 Å². The van der Waals surface area contributed by atoms with Gasteiger partial charge >= 0.3 is 12.1 Å². The number of halogens is 2. The zero-order valence-corrected chi connectivity index (χ0v) is 23.6. The number of imidazole rings is 1. The highest BCUT2D eigenvalue weighted by atomic mass is 19.3. The Hall–Kier alpha value is -4.09. The van der Waals surface area contributed by atoms with Gasteiger partial charge in [0.05, 0.1) is 37.3 Å². The highest BCUT2D eigenvalue weighted by Crippen LogP contribution is 2.40. The molecular formula is C30H35F2N5O5. The molecule has 42 heavy (non-hydrogen) atoms. The van der Waals surface area contributed by atoms with Gasteiger partial charge in [0.25, 0.3) is 5.92 Å². The van der Waals surface area contributed by atoms with Crippen LogP contribution in [-0.2, 0) is 32.1 Å². The Balaban J connectivity index is 1.40. The SMILES string of the molecule is COC(=O)C1(Cc2ccc3nc([C@@H](NC(=O)OCc4ccccc4)C4CCC(C)CC4)cn3n2)CC(F)(F)CNC1=O. The fourth-order valence-electron chi connectivity index (χ4n) is 5.98. The number of ether oxygens (including phenoxy) is 2. The maximum atomic E-state index is 14.4. The van der Waals surface area contributed by atoms with Crippen LogP contribution in [0.1, 0.15) is 62.0 Å². The molecule has 1 saturated heterocycles. The largest absolute Gasteiger partial charge is 0.468 e. The van der Waals surface area contributed by atoms with Gasteiger partial charge < -0.3 is 20.1 Å². The number of nitrogens with one attached hydrogen (secondary N) is 2. The van der Waals surface area contributed by atoms with Gasteiger partial charge in [0.2, 0.25) is 5.91 Å². The van der Waals surface area contributed by atoms with Crippen LogP contribution >= 0.6 is 0 Å². The first-order valence-electron chi connectivity index (χ1n) is 14.2. The first-order chi connectivity index (χ1) is 20.1. The number of alkyl halides is 2. The van der Waals surface area contributed by atoms with Gasteiger partial charge in [-0.2, -0.15) is 5.10 Å². The molecule has 2 fully saturated rings. The zero-order valence-electron chi connectivity index (χ0n) is 23.6. The number of nitrogens with zero attached hydrogens (tertiary/aromatic N) is 3. The van der Waals surface area contributed by atoms with E-state index in [2.05, 4.69) is 22.7 Å². The summed E-state index contributed by atoms with van der Waals surface area (Å²) in [6.45, 7) is 1.50. The van der Waals surface area contributed by atoms with E-state index in [-0.39, 0.29) is 24.6 Å². The molecule has 2 aromatic heterocycles. The fraction of sp³-hybridized carbons (Fsp3) is 0.500. The molecule has 10 nitrogen and oxygen atoms in total. The number of carbonyl (C=O) groups is 3. The maximum Gasteiger partial charge on any atom is 0.408 e. The van der Waals surface area contributed by atoms with E-state index in [1.54, 1.807) is 18.3 Å². The van der Waals surface area contributed by atoms with E-state index in [1.807, 2.05) is 30.3 Å². The van der Waals surface area contributed by atoms with Crippen molar-refractivity contribution < 1.29 is 32.6 Å². The number of aromatic nitrogens is 3. The normalized spacial score (nSPS) is 24.4. The average molecular weight is 584 g/mol. The van der Waals surface area contributed by atoms with Gasteiger partial charge in [-0.15, -0.1) is 0 Å². The summed E-state index contributed by atoms with van der Waals surface area (Å²) >= 11 is 0. The second kappa shape index (κ2) is 12.0. The number of rotatable bonds is 8. The molecule has 3 heterocycles. The van der Waals surface area contributed by atoms with E-state index in [0.717, 1.165) is 38.4 Å². The van der Waals surface area contributed by atoms with Crippen molar-refractivity contribution in [2.24, 2.45) is 17.3 Å². The standard InChI is InChI=1S/C30H35F2N5O5/c1-19-8-10-21(11-9-19)25(35-28(40)42-16-20-6-4-3-5-7-20)23-15-37-24(34-23)13-12-22(36-37)14-29(27(39)41-2)17-30(31,32)18-33-26(29)38/h3-7,12-13,15,19,21,25H,8-11,14,16-18H2,1-2H3,(H,33,38)(H,35,40)/t19?,21?,25-,29?/m0/s1. The minimum absolute atomic E-state index is 0.130. The van der Waals surface area contributed by atoms with Crippen LogP contribution in [0.25, 0.3) is 5.65 Å². The first kappa shape index (κ1) is 29.4. The molecule has 2 amide bonds. The van der Waals surface area contributed by atoms with Crippen LogP contribution in [0.3, 0.4) is 0 Å². The second-order valence-corrected chi connectivity index (χ2v) is 11.5. The van der Waals surface area contributed by atoms with E-state index in [0.29, 0.717) is 17.3 Å². The van der Waals surface area contributed by atoms with Crippen molar-refractivity contribution in [3.8, 4) is 0 Å². The maximum absolute atomic E-state index is 14.4. The predicted octanol–water partition coefficient (Wildman–Crippen LogP) is 4.38. The third-order valence-corrected chi connectivity index (χ3v) is 8.29. The predicted molar refractivity (Wildman–Crippen MR) is 147 cm³/mol. The van der Waals surface area contributed by atoms with Crippen LogP contribution in [0.2, 0.25) is 0 Å². The highest BCUT2D eigenvalue weighted by molar-refractivity contribution is 6.03. The number of alkyl carbamates (subject to hydrolysis) is 1. The monoisotopic (exact) mass is 583 g/mol. The van der Waals surface area contributed by atoms with Crippen LogP contribution in [0, 0.1) is 17.3 Å². The third-order valence-electron chi connectivity index (χ3n) is 8.29. The molecule has 1 unspecified atom stereocenters. The summed E-state index contributed by atoms with van der Waals surface area (Å²) in [5.41, 5.74) is 0.0390. The molecule has 2 N–H and O–H groups in total. The summed E-state index contributed by atoms with van der Waals surface area (Å²) in [5.74, 6) is -4.41. The van der Waals surface area contributed by atoms with Crippen molar-refractivity contribution in [2.75, 3.05) is 13.7 Å². The van der Waals surface area contributed by atoms with Crippen LogP contribution in [0.4, 0.5) is 13.6 Å². The summed E-state index contributed by atoms with van der Waals surface area (Å²) in [7, 11) is 1.06. The molecule has 1 aromatic carbocycles. The summed E-state index contributed by atoms with van der Waals surface area (Å²) < 4.78 is 40.5. The van der Waals surface area contributed by atoms with Crippen LogP contribution in [-0.4, -0.2) is 52.1 Å². The molecule has 0 radical (unpaired) electrons. The van der Waals surface area contributed by atoms with Gasteiger partial charge in [-0.25, -0.2) is 23.1 Å². The molecule has 0 spiro atoms. The molecule has 3 aromatic rings. The molecule has 2 aliphatic rings. The molecule has 0 bridgehead atoms. The van der Waals surface area contributed by atoms with Crippen LogP contribution in [0.5, 0.6) is 0 Å². The number of piperidine rings is 1. The fourth-order valence-corrected chi connectivity index (χ4v) is 5.98. The van der Waals surface area contributed by atoms with Crippen molar-refractivity contribution in [3.63, 3.8) is 0 Å². The lowest BCUT2D eigenvalue weighted by atomic mass is 9.74. The Morgan fingerprint density at radius 3 is 2.60 bits per heavy atom. The lowest BCUT2D eigenvalue weighted by molar-refractivity contribution is -0.172. The van der Waals surface area contributed by atoms with E-state index in [9.17, 15) is 23.2 Å². The number of hydrogen-bond donors (Lipinski definition) is 2. The van der Waals surface area contributed by atoms with E-state index in [1.165, 1.54) is 4.52 Å². The average Bonchev–Trinajstić information content (AvgIpc) is 3.40. The first-order valence-corrected chi connectivity index (χ1v) is 14.2. The molecule has 1 saturated carbocycles. The smallest absolute Gasteiger partial charge is 0.408 e. The third kappa shape index (κ3) is 6.37. The Labute approximate surface area is 242 Å². The minimum Gasteiger partial charge on any atom is -0.468 e. The van der Waals surface area contributed by atoms with Gasteiger partial charge in [-0.05, 0) is 42.4 Å². The van der Waals surface area contributed by atoms with Gasteiger partial charge in [-0.3, -0.25) is 9.59 Å². The second-order valence-electron chi connectivity index (χ2n) is 11.5. The zero-order chi connectivity index (χ0) is 29.9. The van der Waals surface area contributed by atoms with Crippen molar-refractivity contribution in [1.29, 1.82) is 0 Å².